The standard InChI is InChI=1S/C20H25BrN2O2/c1-25-18-7-4-15(5-8-18)19(23-10-2-3-11-23)14-22-13-16-12-17(21)6-9-20(16)24/h4-9,12,19,22,24H,2-3,10-11,13-14H2,1H3. The lowest BCUT2D eigenvalue weighted by Crippen LogP contribution is -2.34. The Morgan fingerprint density at radius 3 is 2.56 bits per heavy atom. The molecular weight excluding hydrogens is 380 g/mol. The van der Waals surface area contributed by atoms with Crippen LogP contribution in [0.5, 0.6) is 11.5 Å². The maximum absolute atomic E-state index is 10.0. The molecule has 1 atom stereocenters. The molecule has 0 spiro atoms. The van der Waals surface area contributed by atoms with E-state index < -0.39 is 0 Å². The number of methoxy groups -OCH3 is 1. The summed E-state index contributed by atoms with van der Waals surface area (Å²) in [6.45, 7) is 3.77. The molecule has 0 radical (unpaired) electrons. The summed E-state index contributed by atoms with van der Waals surface area (Å²) in [7, 11) is 1.69. The highest BCUT2D eigenvalue weighted by Gasteiger charge is 2.23. The highest BCUT2D eigenvalue weighted by atomic mass is 79.9. The van der Waals surface area contributed by atoms with E-state index in [0.29, 0.717) is 18.3 Å². The lowest BCUT2D eigenvalue weighted by atomic mass is 10.0. The molecule has 5 heteroatoms. The minimum atomic E-state index is 0.331. The quantitative estimate of drug-likeness (QED) is 0.729. The van der Waals surface area contributed by atoms with Gasteiger partial charge in [-0.25, -0.2) is 0 Å². The first-order valence-corrected chi connectivity index (χ1v) is 9.53. The molecule has 3 rings (SSSR count). The first-order chi connectivity index (χ1) is 12.2. The number of nitrogens with zero attached hydrogens (tertiary/aromatic N) is 1. The zero-order valence-corrected chi connectivity index (χ0v) is 16.1. The zero-order valence-electron chi connectivity index (χ0n) is 14.5. The number of aromatic hydroxyl groups is 1. The van der Waals surface area contributed by atoms with E-state index in [2.05, 4.69) is 38.3 Å². The van der Waals surface area contributed by atoms with Crippen molar-refractivity contribution in [2.24, 2.45) is 0 Å². The third kappa shape index (κ3) is 4.75. The van der Waals surface area contributed by atoms with Crippen molar-refractivity contribution in [2.75, 3.05) is 26.7 Å². The van der Waals surface area contributed by atoms with Crippen molar-refractivity contribution in [1.29, 1.82) is 0 Å². The fourth-order valence-corrected chi connectivity index (χ4v) is 3.78. The summed E-state index contributed by atoms with van der Waals surface area (Å²) < 4.78 is 6.26. The largest absolute Gasteiger partial charge is 0.508 e. The third-order valence-electron chi connectivity index (χ3n) is 4.78. The van der Waals surface area contributed by atoms with Gasteiger partial charge >= 0.3 is 0 Å². The second-order valence-corrected chi connectivity index (χ2v) is 7.35. The predicted molar refractivity (Wildman–Crippen MR) is 104 cm³/mol. The molecule has 1 fully saturated rings. The Bertz CT molecular complexity index is 685. The van der Waals surface area contributed by atoms with Crippen LogP contribution in [0.2, 0.25) is 0 Å². The molecule has 1 saturated heterocycles. The number of rotatable bonds is 7. The molecular formula is C20H25BrN2O2. The maximum atomic E-state index is 10.0. The van der Waals surface area contributed by atoms with Crippen molar-refractivity contribution < 1.29 is 9.84 Å². The first-order valence-electron chi connectivity index (χ1n) is 8.73. The van der Waals surface area contributed by atoms with Crippen molar-refractivity contribution >= 4 is 15.9 Å². The van der Waals surface area contributed by atoms with Crippen molar-refractivity contribution in [1.82, 2.24) is 10.2 Å². The molecule has 1 heterocycles. The highest BCUT2D eigenvalue weighted by molar-refractivity contribution is 9.10. The number of hydrogen-bond acceptors (Lipinski definition) is 4. The molecule has 0 amide bonds. The average molecular weight is 405 g/mol. The van der Waals surface area contributed by atoms with Gasteiger partial charge in [0.25, 0.3) is 0 Å². The van der Waals surface area contributed by atoms with Crippen LogP contribution >= 0.6 is 15.9 Å². The number of benzene rings is 2. The number of hydrogen-bond donors (Lipinski definition) is 2. The fraction of sp³-hybridized carbons (Fsp3) is 0.400. The van der Waals surface area contributed by atoms with Gasteiger partial charge in [-0.2, -0.15) is 0 Å². The number of halogens is 1. The van der Waals surface area contributed by atoms with Crippen LogP contribution in [0.25, 0.3) is 0 Å². The number of phenols is 1. The van der Waals surface area contributed by atoms with Crippen LogP contribution in [-0.2, 0) is 6.54 Å². The van der Waals surface area contributed by atoms with Gasteiger partial charge in [-0.1, -0.05) is 28.1 Å². The van der Waals surface area contributed by atoms with Crippen LogP contribution in [-0.4, -0.2) is 36.8 Å². The molecule has 4 nitrogen and oxygen atoms in total. The van der Waals surface area contributed by atoms with Crippen LogP contribution in [0.4, 0.5) is 0 Å². The minimum absolute atomic E-state index is 0.331. The molecule has 2 aromatic rings. The summed E-state index contributed by atoms with van der Waals surface area (Å²) in [5, 5.41) is 13.5. The maximum Gasteiger partial charge on any atom is 0.120 e. The van der Waals surface area contributed by atoms with E-state index in [9.17, 15) is 5.11 Å². The summed E-state index contributed by atoms with van der Waals surface area (Å²) in [5.41, 5.74) is 2.21. The number of phenolic OH excluding ortho intramolecular Hbond substituents is 1. The summed E-state index contributed by atoms with van der Waals surface area (Å²) >= 11 is 3.46. The molecule has 1 unspecified atom stereocenters. The van der Waals surface area contributed by atoms with Crippen molar-refractivity contribution in [3.8, 4) is 11.5 Å². The van der Waals surface area contributed by atoms with E-state index in [1.165, 1.54) is 18.4 Å². The second kappa shape index (κ2) is 8.70. The molecule has 2 aromatic carbocycles. The summed E-state index contributed by atoms with van der Waals surface area (Å²) in [6, 6.07) is 14.2. The average Bonchev–Trinajstić information content (AvgIpc) is 3.16. The van der Waals surface area contributed by atoms with E-state index in [-0.39, 0.29) is 0 Å². The highest BCUT2D eigenvalue weighted by Crippen LogP contribution is 2.27. The first kappa shape index (κ1) is 18.2. The predicted octanol–water partition coefficient (Wildman–Crippen LogP) is 4.09. The number of likely N-dealkylation sites (tertiary alicyclic amines) is 1. The lowest BCUT2D eigenvalue weighted by molar-refractivity contribution is 0.238. The normalized spacial score (nSPS) is 16.1. The summed E-state index contributed by atoms with van der Waals surface area (Å²) in [4.78, 5) is 2.54. The van der Waals surface area contributed by atoms with E-state index >= 15 is 0 Å². The summed E-state index contributed by atoms with van der Waals surface area (Å²) in [5.74, 6) is 1.22. The minimum Gasteiger partial charge on any atom is -0.508 e. The van der Waals surface area contributed by atoms with E-state index in [1.807, 2.05) is 24.3 Å². The molecule has 0 aromatic heterocycles. The Hall–Kier alpha value is -1.56. The SMILES string of the molecule is COc1ccc(C(CNCc2cc(Br)ccc2O)N2CCCC2)cc1. The van der Waals surface area contributed by atoms with Crippen LogP contribution in [0.1, 0.15) is 30.0 Å². The fourth-order valence-electron chi connectivity index (χ4n) is 3.38. The zero-order chi connectivity index (χ0) is 17.6. The Morgan fingerprint density at radius 2 is 1.88 bits per heavy atom. The van der Waals surface area contributed by atoms with Gasteiger partial charge in [0.05, 0.1) is 7.11 Å². The van der Waals surface area contributed by atoms with Gasteiger partial charge in [0.2, 0.25) is 0 Å². The van der Waals surface area contributed by atoms with Crippen molar-refractivity contribution in [3.63, 3.8) is 0 Å². The third-order valence-corrected chi connectivity index (χ3v) is 5.27. The molecule has 2 N–H and O–H groups in total. The van der Waals surface area contributed by atoms with E-state index in [1.54, 1.807) is 13.2 Å². The molecule has 0 aliphatic carbocycles. The molecule has 1 aliphatic rings. The van der Waals surface area contributed by atoms with Crippen molar-refractivity contribution in [3.05, 3.63) is 58.1 Å². The van der Waals surface area contributed by atoms with Gasteiger partial charge in [0.15, 0.2) is 0 Å². The molecule has 1 aliphatic heterocycles. The smallest absolute Gasteiger partial charge is 0.120 e. The van der Waals surface area contributed by atoms with Gasteiger partial charge in [-0.15, -0.1) is 0 Å². The Labute approximate surface area is 157 Å². The van der Waals surface area contributed by atoms with E-state index in [4.69, 9.17) is 4.74 Å². The van der Waals surface area contributed by atoms with Crippen LogP contribution in [0.15, 0.2) is 46.9 Å². The summed E-state index contributed by atoms with van der Waals surface area (Å²) in [6.07, 6.45) is 2.53. The topological polar surface area (TPSA) is 44.7 Å². The number of ether oxygens (including phenoxy) is 1. The Balaban J connectivity index is 1.68. The molecule has 0 bridgehead atoms. The molecule has 134 valence electrons. The van der Waals surface area contributed by atoms with Gasteiger partial charge in [-0.3, -0.25) is 4.90 Å². The monoisotopic (exact) mass is 404 g/mol. The van der Waals surface area contributed by atoms with Crippen LogP contribution in [0, 0.1) is 0 Å². The van der Waals surface area contributed by atoms with E-state index in [0.717, 1.165) is 35.4 Å². The lowest BCUT2D eigenvalue weighted by Gasteiger charge is -2.28. The van der Waals surface area contributed by atoms with Gasteiger partial charge in [0, 0.05) is 29.2 Å². The van der Waals surface area contributed by atoms with Crippen molar-refractivity contribution in [2.45, 2.75) is 25.4 Å². The van der Waals surface area contributed by atoms with Gasteiger partial charge in [0.1, 0.15) is 11.5 Å². The second-order valence-electron chi connectivity index (χ2n) is 6.44. The van der Waals surface area contributed by atoms with Gasteiger partial charge in [-0.05, 0) is 61.8 Å². The van der Waals surface area contributed by atoms with Crippen LogP contribution < -0.4 is 10.1 Å². The molecule has 25 heavy (non-hydrogen) atoms. The Kier molecular flexibility index (Phi) is 6.34. The number of nitrogens with one attached hydrogen (secondary N) is 1. The molecule has 0 saturated carbocycles. The van der Waals surface area contributed by atoms with Crippen LogP contribution in [0.3, 0.4) is 0 Å². The Morgan fingerprint density at radius 1 is 1.16 bits per heavy atom. The van der Waals surface area contributed by atoms with Gasteiger partial charge < -0.3 is 15.2 Å².